The highest BCUT2D eigenvalue weighted by Gasteiger charge is 2.12. The van der Waals surface area contributed by atoms with Crippen LogP contribution in [0.4, 0.5) is 0 Å². The van der Waals surface area contributed by atoms with E-state index in [9.17, 15) is 9.46 Å². The molecule has 0 aromatic heterocycles. The van der Waals surface area contributed by atoms with Crippen LogP contribution in [0.25, 0.3) is 0 Å². The molecule has 0 aromatic rings. The van der Waals surface area contributed by atoms with Crippen molar-refractivity contribution < 1.29 is 27.7 Å². The molecule has 0 rings (SSSR count). The Balaban J connectivity index is 3.35. The number of quaternary nitrogens is 1. The van der Waals surface area contributed by atoms with Crippen molar-refractivity contribution in [2.75, 3.05) is 47.5 Å². The van der Waals surface area contributed by atoms with Crippen molar-refractivity contribution in [3.8, 4) is 0 Å². The van der Waals surface area contributed by atoms with Gasteiger partial charge in [0.05, 0.1) is 40.6 Å². The average molecular weight is 464 g/mol. The van der Waals surface area contributed by atoms with Gasteiger partial charge in [0, 0.05) is 6.42 Å². The van der Waals surface area contributed by atoms with Crippen molar-refractivity contribution in [2.45, 2.75) is 96.8 Å². The summed E-state index contributed by atoms with van der Waals surface area (Å²) in [6, 6.07) is 0. The Kier molecular flexibility index (Phi) is 20.0. The van der Waals surface area contributed by atoms with Crippen molar-refractivity contribution in [1.82, 2.24) is 0 Å². The van der Waals surface area contributed by atoms with Crippen LogP contribution in [0.3, 0.4) is 0 Å². The number of likely N-dealkylation sites (N-methyl/N-ethyl adjacent to an activating group) is 1. The minimum Gasteiger partial charge on any atom is -0.756 e. The summed E-state index contributed by atoms with van der Waals surface area (Å²) in [6.07, 6.45) is 21.6. The van der Waals surface area contributed by atoms with Crippen LogP contribution >= 0.6 is 7.82 Å². The summed E-state index contributed by atoms with van der Waals surface area (Å²) in [5.74, 6) is 0. The molecule has 1 atom stereocenters. The highest BCUT2D eigenvalue weighted by Crippen LogP contribution is 2.38. The molecule has 0 amide bonds. The summed E-state index contributed by atoms with van der Waals surface area (Å²) in [4.78, 5) is 11.6. The first-order chi connectivity index (χ1) is 14.8. The quantitative estimate of drug-likeness (QED) is 0.0780. The van der Waals surface area contributed by atoms with Crippen molar-refractivity contribution in [2.24, 2.45) is 0 Å². The molecule has 1 unspecified atom stereocenters. The van der Waals surface area contributed by atoms with E-state index in [4.69, 9.17) is 13.8 Å². The van der Waals surface area contributed by atoms with Crippen LogP contribution in [0.2, 0.25) is 0 Å². The number of hydrogen-bond donors (Lipinski definition) is 0. The maximum absolute atomic E-state index is 11.6. The van der Waals surface area contributed by atoms with E-state index in [0.717, 1.165) is 6.42 Å². The molecular weight excluding hydrogens is 413 g/mol. The summed E-state index contributed by atoms with van der Waals surface area (Å²) in [6.45, 7) is 3.51. The van der Waals surface area contributed by atoms with Crippen molar-refractivity contribution >= 4 is 7.82 Å². The highest BCUT2D eigenvalue weighted by molar-refractivity contribution is 7.45. The largest absolute Gasteiger partial charge is 0.756 e. The predicted octanol–water partition coefficient (Wildman–Crippen LogP) is 6.21. The second-order valence-electron chi connectivity index (χ2n) is 9.40. The van der Waals surface area contributed by atoms with Gasteiger partial charge in [0.15, 0.2) is 0 Å². The minimum atomic E-state index is -4.20. The van der Waals surface area contributed by atoms with Gasteiger partial charge in [-0.25, -0.2) is 0 Å². The molecule has 186 valence electrons. The summed E-state index contributed by atoms with van der Waals surface area (Å²) >= 11 is 0. The minimum absolute atomic E-state index is 0.0811. The van der Waals surface area contributed by atoms with Crippen LogP contribution in [0.1, 0.15) is 96.8 Å². The van der Waals surface area contributed by atoms with Gasteiger partial charge in [-0.05, 0) is 18.9 Å². The molecule has 0 heterocycles. The number of allylic oxidation sites excluding steroid dienone is 1. The fourth-order valence-corrected chi connectivity index (χ4v) is 3.82. The number of unbranched alkanes of at least 4 members (excludes halogenated alkanes) is 12. The van der Waals surface area contributed by atoms with Crippen LogP contribution in [-0.2, 0) is 18.3 Å². The molecular formula is C24H50NO5P. The normalized spacial score (nSPS) is 14.2. The zero-order chi connectivity index (χ0) is 23.3. The van der Waals surface area contributed by atoms with E-state index in [2.05, 4.69) is 6.92 Å². The molecule has 0 aliphatic heterocycles. The number of nitrogens with zero attached hydrogens (tertiary/aromatic N) is 1. The predicted molar refractivity (Wildman–Crippen MR) is 128 cm³/mol. The van der Waals surface area contributed by atoms with Crippen molar-refractivity contribution in [1.29, 1.82) is 0 Å². The fourth-order valence-electron chi connectivity index (χ4n) is 3.09. The topological polar surface area (TPSA) is 67.8 Å². The van der Waals surface area contributed by atoms with E-state index in [1.54, 1.807) is 6.26 Å². The average Bonchev–Trinajstić information content (AvgIpc) is 2.68. The van der Waals surface area contributed by atoms with Gasteiger partial charge in [-0.3, -0.25) is 4.57 Å². The standard InChI is InChI=1S/C24H50NO5P/c1-5-6-7-8-9-10-11-12-13-14-15-16-17-18-21-28-22-19-23-29-31(26,27)30-24-20-25(2,3)4/h18,21H,5-17,19-20,22-24H2,1-4H3/b21-18-. The molecule has 7 heteroatoms. The second kappa shape index (κ2) is 20.2. The summed E-state index contributed by atoms with van der Waals surface area (Å²) in [5.41, 5.74) is 0. The number of phosphoric ester groups is 1. The Morgan fingerprint density at radius 2 is 1.26 bits per heavy atom. The molecule has 0 fully saturated rings. The number of hydrogen-bond acceptors (Lipinski definition) is 5. The van der Waals surface area contributed by atoms with Crippen LogP contribution in [0.15, 0.2) is 12.3 Å². The van der Waals surface area contributed by atoms with Crippen LogP contribution in [0, 0.1) is 0 Å². The van der Waals surface area contributed by atoms with Gasteiger partial charge in [-0.2, -0.15) is 0 Å². The van der Waals surface area contributed by atoms with Crippen molar-refractivity contribution in [3.63, 3.8) is 0 Å². The molecule has 0 N–H and O–H groups in total. The molecule has 0 bridgehead atoms. The van der Waals surface area contributed by atoms with E-state index >= 15 is 0 Å². The lowest BCUT2D eigenvalue weighted by Crippen LogP contribution is -2.37. The van der Waals surface area contributed by atoms with Gasteiger partial charge in [0.25, 0.3) is 7.82 Å². The maximum Gasteiger partial charge on any atom is 0.268 e. The molecule has 0 saturated heterocycles. The smallest absolute Gasteiger partial charge is 0.268 e. The van der Waals surface area contributed by atoms with Gasteiger partial charge in [0.1, 0.15) is 13.2 Å². The first-order valence-corrected chi connectivity index (χ1v) is 13.9. The van der Waals surface area contributed by atoms with Gasteiger partial charge in [-0.15, -0.1) is 0 Å². The molecule has 0 aromatic carbocycles. The Hall–Kier alpha value is -0.390. The lowest BCUT2D eigenvalue weighted by Gasteiger charge is -2.27. The zero-order valence-corrected chi connectivity index (χ0v) is 21.7. The van der Waals surface area contributed by atoms with Crippen LogP contribution < -0.4 is 4.89 Å². The third-order valence-corrected chi connectivity index (χ3v) is 6.08. The molecule has 0 spiro atoms. The number of phosphoric acid groups is 1. The van der Waals surface area contributed by atoms with E-state index in [1.807, 2.05) is 27.2 Å². The number of rotatable bonds is 23. The molecule has 6 nitrogen and oxygen atoms in total. The summed E-state index contributed by atoms with van der Waals surface area (Å²) in [7, 11) is 1.72. The van der Waals surface area contributed by atoms with Gasteiger partial charge in [-0.1, -0.05) is 77.6 Å². The third-order valence-electron chi connectivity index (χ3n) is 5.08. The molecule has 0 aliphatic carbocycles. The Bertz CT molecular complexity index is 465. The van der Waals surface area contributed by atoms with E-state index < -0.39 is 7.82 Å². The lowest BCUT2D eigenvalue weighted by molar-refractivity contribution is -0.870. The Morgan fingerprint density at radius 1 is 0.742 bits per heavy atom. The number of ether oxygens (including phenoxy) is 1. The highest BCUT2D eigenvalue weighted by atomic mass is 31.2. The SMILES string of the molecule is CCCCCCCCCCCCCC/C=C\OCCCOP(=O)([O-])OCC[N+](C)(C)C. The van der Waals surface area contributed by atoms with Crippen LogP contribution in [0.5, 0.6) is 0 Å². The fraction of sp³-hybridized carbons (Fsp3) is 0.917. The lowest BCUT2D eigenvalue weighted by atomic mass is 10.0. The maximum atomic E-state index is 11.6. The van der Waals surface area contributed by atoms with Crippen molar-refractivity contribution in [3.05, 3.63) is 12.3 Å². The monoisotopic (exact) mass is 463 g/mol. The molecule has 0 aliphatic rings. The molecule has 0 saturated carbocycles. The van der Waals surface area contributed by atoms with Gasteiger partial charge >= 0.3 is 0 Å². The molecule has 0 radical (unpaired) electrons. The summed E-state index contributed by atoms with van der Waals surface area (Å²) in [5, 5.41) is 0. The summed E-state index contributed by atoms with van der Waals surface area (Å²) < 4.78 is 27.3. The second-order valence-corrected chi connectivity index (χ2v) is 10.8. The van der Waals surface area contributed by atoms with Gasteiger partial charge < -0.3 is 23.2 Å². The first kappa shape index (κ1) is 30.6. The van der Waals surface area contributed by atoms with E-state index in [0.29, 0.717) is 24.1 Å². The zero-order valence-electron chi connectivity index (χ0n) is 20.8. The van der Waals surface area contributed by atoms with Gasteiger partial charge in [0.2, 0.25) is 0 Å². The first-order valence-electron chi connectivity index (χ1n) is 12.4. The Labute approximate surface area is 192 Å². The van der Waals surface area contributed by atoms with Crippen LogP contribution in [-0.4, -0.2) is 52.0 Å². The third kappa shape index (κ3) is 25.7. The van der Waals surface area contributed by atoms with E-state index in [1.165, 1.54) is 77.0 Å². The Morgan fingerprint density at radius 3 is 1.81 bits per heavy atom. The van der Waals surface area contributed by atoms with E-state index in [-0.39, 0.29) is 13.2 Å². The molecule has 31 heavy (non-hydrogen) atoms.